The van der Waals surface area contributed by atoms with E-state index >= 15 is 0 Å². The van der Waals surface area contributed by atoms with E-state index in [-0.39, 0.29) is 38.6 Å². The molecule has 0 aliphatic carbocycles. The maximum absolute atomic E-state index is 12.7. The molecule has 0 radical (unpaired) electrons. The number of nitrogens with zero attached hydrogens (tertiary/aromatic N) is 1. The molecule has 0 spiro atoms. The zero-order chi connectivity index (χ0) is 47.7. The van der Waals surface area contributed by atoms with Gasteiger partial charge in [0, 0.05) is 12.8 Å². The van der Waals surface area contributed by atoms with Crippen molar-refractivity contribution < 1.29 is 42.9 Å². The van der Waals surface area contributed by atoms with Crippen LogP contribution in [-0.4, -0.2) is 87.4 Å². The van der Waals surface area contributed by atoms with Crippen LogP contribution in [0.4, 0.5) is 0 Å². The summed E-state index contributed by atoms with van der Waals surface area (Å²) in [6, 6.07) is 0. The average molecular weight is 907 g/mol. The molecule has 0 aromatic heterocycles. The minimum Gasteiger partial charge on any atom is -0.477 e. The number of unbranched alkanes of at least 4 members (excludes halogenated alkanes) is 11. The van der Waals surface area contributed by atoms with Gasteiger partial charge in [0.05, 0.1) is 34.4 Å². The van der Waals surface area contributed by atoms with Gasteiger partial charge in [-0.2, -0.15) is 0 Å². The highest BCUT2D eigenvalue weighted by Gasteiger charge is 2.25. The standard InChI is InChI=1S/C56H91NO8/c1-6-8-10-12-13-14-15-16-17-18-19-20-21-22-23-24-25-26-27-28-29-30-31-32-33-34-35-36-37-38-39-40-41-43-45-47-54(59)65-52(50-63-53(58)46-44-42-11-9-7-2)51-64-56(55(60)61)62-49-48-57(3,4)5/h8,10,13-14,16-17,19-20,22-23,25-26,28-29,31-32,34-35,52,56H,6-7,9,11-12,15,18,21,24,27,30,33,36-51H2,1-5H3/p+1/b10-8-,14-13-,17-16-,20-19-,23-22-,26-25-,29-28-,32-31-,35-34-. The molecule has 0 bridgehead atoms. The molecule has 0 heterocycles. The van der Waals surface area contributed by atoms with Gasteiger partial charge in [-0.05, 0) is 83.5 Å². The lowest BCUT2D eigenvalue weighted by Gasteiger charge is -2.25. The number of likely N-dealkylation sites (N-methyl/N-ethyl adjacent to an activating group) is 1. The number of allylic oxidation sites excluding steroid dienone is 18. The number of quaternary nitrogens is 1. The van der Waals surface area contributed by atoms with Crippen LogP contribution in [0.15, 0.2) is 109 Å². The third kappa shape index (κ3) is 47.7. The van der Waals surface area contributed by atoms with Crippen molar-refractivity contribution in [3.8, 4) is 0 Å². The van der Waals surface area contributed by atoms with Crippen LogP contribution in [0.2, 0.25) is 0 Å². The summed E-state index contributed by atoms with van der Waals surface area (Å²) >= 11 is 0. The molecule has 0 aliphatic heterocycles. The highest BCUT2D eigenvalue weighted by molar-refractivity contribution is 5.71. The van der Waals surface area contributed by atoms with E-state index in [9.17, 15) is 19.5 Å². The smallest absolute Gasteiger partial charge is 0.361 e. The molecule has 2 unspecified atom stereocenters. The van der Waals surface area contributed by atoms with Gasteiger partial charge >= 0.3 is 17.9 Å². The first-order valence-corrected chi connectivity index (χ1v) is 25.1. The van der Waals surface area contributed by atoms with Crippen LogP contribution in [0, 0.1) is 0 Å². The molecule has 0 saturated carbocycles. The largest absolute Gasteiger partial charge is 0.477 e. The molecular weight excluding hydrogens is 815 g/mol. The summed E-state index contributed by atoms with van der Waals surface area (Å²) in [6.45, 7) is 4.61. The minimum atomic E-state index is -1.51. The Kier molecular flexibility index (Phi) is 43.6. The maximum atomic E-state index is 12.7. The number of aliphatic carboxylic acids is 1. The molecule has 1 N–H and O–H groups in total. The Balaban J connectivity index is 4.11. The maximum Gasteiger partial charge on any atom is 0.361 e. The Labute approximate surface area is 396 Å². The van der Waals surface area contributed by atoms with Crippen molar-refractivity contribution in [2.45, 2.75) is 180 Å². The molecule has 368 valence electrons. The Morgan fingerprint density at radius 1 is 0.477 bits per heavy atom. The molecule has 0 aromatic carbocycles. The van der Waals surface area contributed by atoms with E-state index in [0.717, 1.165) is 116 Å². The SMILES string of the molecule is CC/C=C\C/C=C\C/C=C\C/C=C\C/C=C\C/C=C\C/C=C\C/C=C\C/C=C\CCCCCCCCCC(=O)OC(COC(=O)CCCCCCC)COC(OCC[N+](C)(C)C)C(=O)O. The average Bonchev–Trinajstić information content (AvgIpc) is 3.27. The van der Waals surface area contributed by atoms with E-state index in [1.54, 1.807) is 0 Å². The Morgan fingerprint density at radius 3 is 1.31 bits per heavy atom. The number of ether oxygens (including phenoxy) is 4. The van der Waals surface area contributed by atoms with E-state index in [4.69, 9.17) is 18.9 Å². The first-order chi connectivity index (χ1) is 31.6. The minimum absolute atomic E-state index is 0.180. The van der Waals surface area contributed by atoms with E-state index in [1.165, 1.54) is 19.3 Å². The van der Waals surface area contributed by atoms with Crippen molar-refractivity contribution in [1.29, 1.82) is 0 Å². The molecule has 0 rings (SSSR count). The van der Waals surface area contributed by atoms with Crippen molar-refractivity contribution >= 4 is 17.9 Å². The summed E-state index contributed by atoms with van der Waals surface area (Å²) in [4.78, 5) is 36.8. The monoisotopic (exact) mass is 907 g/mol. The van der Waals surface area contributed by atoms with Crippen LogP contribution in [0.5, 0.6) is 0 Å². The Bertz CT molecular complexity index is 1430. The quantitative estimate of drug-likeness (QED) is 0.0212. The van der Waals surface area contributed by atoms with Gasteiger partial charge < -0.3 is 28.5 Å². The number of carboxylic acids is 1. The molecule has 0 aromatic rings. The Hall–Kier alpha value is -4.05. The molecule has 65 heavy (non-hydrogen) atoms. The van der Waals surface area contributed by atoms with Gasteiger partial charge in [0.1, 0.15) is 13.2 Å². The number of hydrogen-bond acceptors (Lipinski definition) is 7. The normalized spacial score (nSPS) is 13.8. The van der Waals surface area contributed by atoms with Crippen molar-refractivity contribution in [3.63, 3.8) is 0 Å². The molecule has 0 fully saturated rings. The van der Waals surface area contributed by atoms with Crippen LogP contribution in [0.25, 0.3) is 0 Å². The highest BCUT2D eigenvalue weighted by atomic mass is 16.7. The van der Waals surface area contributed by atoms with Gasteiger partial charge in [-0.1, -0.05) is 181 Å². The number of esters is 2. The van der Waals surface area contributed by atoms with E-state index < -0.39 is 24.3 Å². The summed E-state index contributed by atoms with van der Waals surface area (Å²) in [7, 11) is 5.93. The van der Waals surface area contributed by atoms with E-state index in [0.29, 0.717) is 17.4 Å². The Morgan fingerprint density at radius 2 is 0.877 bits per heavy atom. The predicted octanol–water partition coefficient (Wildman–Crippen LogP) is 14.0. The van der Waals surface area contributed by atoms with E-state index in [1.807, 2.05) is 21.1 Å². The number of carbonyl (C=O) groups excluding carboxylic acids is 2. The number of hydrogen-bond donors (Lipinski definition) is 1. The van der Waals surface area contributed by atoms with Gasteiger partial charge in [0.15, 0.2) is 6.10 Å². The predicted molar refractivity (Wildman–Crippen MR) is 271 cm³/mol. The van der Waals surface area contributed by atoms with Crippen LogP contribution < -0.4 is 0 Å². The summed E-state index contributed by atoms with van der Waals surface area (Å²) < 4.78 is 22.6. The lowest BCUT2D eigenvalue weighted by Crippen LogP contribution is -2.40. The molecule has 0 amide bonds. The second-order valence-electron chi connectivity index (χ2n) is 17.4. The van der Waals surface area contributed by atoms with Gasteiger partial charge in [0.2, 0.25) is 0 Å². The summed E-state index contributed by atoms with van der Waals surface area (Å²) in [5.74, 6) is -2.05. The van der Waals surface area contributed by atoms with Gasteiger partial charge in [-0.3, -0.25) is 9.59 Å². The molecule has 9 heteroatoms. The molecular formula is C56H92NO8+. The van der Waals surface area contributed by atoms with Crippen LogP contribution in [0.3, 0.4) is 0 Å². The van der Waals surface area contributed by atoms with Crippen LogP contribution in [-0.2, 0) is 33.3 Å². The molecule has 9 nitrogen and oxygen atoms in total. The van der Waals surface area contributed by atoms with Crippen molar-refractivity contribution in [2.24, 2.45) is 0 Å². The molecule has 2 atom stereocenters. The highest BCUT2D eigenvalue weighted by Crippen LogP contribution is 2.13. The third-order valence-corrected chi connectivity index (χ3v) is 10.0. The van der Waals surface area contributed by atoms with E-state index in [2.05, 4.69) is 123 Å². The first kappa shape index (κ1) is 60.9. The number of carbonyl (C=O) groups is 3. The summed E-state index contributed by atoms with van der Waals surface area (Å²) in [6.07, 6.45) is 60.7. The fraction of sp³-hybridized carbons (Fsp3) is 0.625. The van der Waals surface area contributed by atoms with Crippen LogP contribution >= 0.6 is 0 Å². The lowest BCUT2D eigenvalue weighted by atomic mass is 10.1. The molecule has 0 aliphatic rings. The first-order valence-electron chi connectivity index (χ1n) is 25.1. The van der Waals surface area contributed by atoms with Crippen LogP contribution in [0.1, 0.15) is 168 Å². The molecule has 0 saturated heterocycles. The van der Waals surface area contributed by atoms with Gasteiger partial charge in [0.25, 0.3) is 6.29 Å². The summed E-state index contributed by atoms with van der Waals surface area (Å²) in [5, 5.41) is 9.59. The fourth-order valence-electron chi connectivity index (χ4n) is 6.18. The second-order valence-corrected chi connectivity index (χ2v) is 17.4. The summed E-state index contributed by atoms with van der Waals surface area (Å²) in [5.41, 5.74) is 0. The zero-order valence-electron chi connectivity index (χ0n) is 41.6. The van der Waals surface area contributed by atoms with Crippen molar-refractivity contribution in [1.82, 2.24) is 0 Å². The topological polar surface area (TPSA) is 108 Å². The fourth-order valence-corrected chi connectivity index (χ4v) is 6.18. The second kappa shape index (κ2) is 46.5. The lowest BCUT2D eigenvalue weighted by molar-refractivity contribution is -0.870. The third-order valence-electron chi connectivity index (χ3n) is 10.0. The number of carboxylic acid groups (broad SMARTS) is 1. The van der Waals surface area contributed by atoms with Gasteiger partial charge in [-0.25, -0.2) is 4.79 Å². The van der Waals surface area contributed by atoms with Crippen molar-refractivity contribution in [2.75, 3.05) is 47.5 Å². The van der Waals surface area contributed by atoms with Gasteiger partial charge in [-0.15, -0.1) is 0 Å². The van der Waals surface area contributed by atoms with Crippen molar-refractivity contribution in [3.05, 3.63) is 109 Å². The zero-order valence-corrected chi connectivity index (χ0v) is 41.6. The number of rotatable bonds is 44.